The summed E-state index contributed by atoms with van der Waals surface area (Å²) >= 11 is 0. The van der Waals surface area contributed by atoms with E-state index < -0.39 is 0 Å². The molecule has 1 heteroatoms. The zero-order valence-electron chi connectivity index (χ0n) is 14.9. The minimum atomic E-state index is 0.223. The lowest BCUT2D eigenvalue weighted by Gasteiger charge is -2.27. The molecule has 1 aliphatic heterocycles. The van der Waals surface area contributed by atoms with Gasteiger partial charge in [0.1, 0.15) is 6.10 Å². The lowest BCUT2D eigenvalue weighted by molar-refractivity contribution is 0.142. The number of aryl methyl sites for hydroxylation is 1. The molecule has 0 saturated heterocycles. The maximum absolute atomic E-state index is 6.04. The summed E-state index contributed by atoms with van der Waals surface area (Å²) in [5, 5.41) is 0. The number of benzene rings is 1. The van der Waals surface area contributed by atoms with Crippen LogP contribution in [0, 0.1) is 19.8 Å². The number of rotatable bonds is 2. The fraction of sp³-hybridized carbons (Fsp3) is 0.600. The number of allylic oxidation sites excluding steroid dienone is 1. The van der Waals surface area contributed by atoms with Gasteiger partial charge in [0.25, 0.3) is 0 Å². The van der Waals surface area contributed by atoms with Crippen molar-refractivity contribution >= 4 is 5.57 Å². The highest BCUT2D eigenvalue weighted by atomic mass is 16.5. The van der Waals surface area contributed by atoms with Gasteiger partial charge < -0.3 is 4.74 Å². The summed E-state index contributed by atoms with van der Waals surface area (Å²) in [5.74, 6) is 1.42. The molecule has 1 heterocycles. The zero-order chi connectivity index (χ0) is 15.9. The highest BCUT2D eigenvalue weighted by Gasteiger charge is 2.29. The molecule has 0 amide bonds. The molecule has 0 N–H and O–H groups in total. The van der Waals surface area contributed by atoms with Crippen LogP contribution < -0.4 is 0 Å². The van der Waals surface area contributed by atoms with Gasteiger partial charge in [-0.1, -0.05) is 40.7 Å². The van der Waals surface area contributed by atoms with Crippen molar-refractivity contribution < 1.29 is 4.74 Å². The molecule has 116 valence electrons. The van der Waals surface area contributed by atoms with E-state index in [1.54, 1.807) is 0 Å². The SMILES string of the molecule is Cc1cc(C(C)C)c2c(c1C)[C@H](C)[C@H](C)OC=C2C(C)C. The van der Waals surface area contributed by atoms with Crippen LogP contribution in [-0.4, -0.2) is 6.10 Å². The Bertz CT molecular complexity index is 564. The summed E-state index contributed by atoms with van der Waals surface area (Å²) in [6.45, 7) is 18.1. The van der Waals surface area contributed by atoms with Crippen LogP contribution in [-0.2, 0) is 4.74 Å². The van der Waals surface area contributed by atoms with E-state index in [1.807, 2.05) is 6.26 Å². The summed E-state index contributed by atoms with van der Waals surface area (Å²) in [6, 6.07) is 2.39. The van der Waals surface area contributed by atoms with Gasteiger partial charge in [-0.25, -0.2) is 0 Å². The van der Waals surface area contributed by atoms with Crippen LogP contribution in [0.25, 0.3) is 5.57 Å². The number of fused-ring (bicyclic) bond motifs is 1. The van der Waals surface area contributed by atoms with Gasteiger partial charge in [0, 0.05) is 5.92 Å². The Morgan fingerprint density at radius 1 is 1.00 bits per heavy atom. The van der Waals surface area contributed by atoms with Crippen molar-refractivity contribution in [2.24, 2.45) is 5.92 Å². The fourth-order valence-corrected chi connectivity index (χ4v) is 3.33. The van der Waals surface area contributed by atoms with Crippen LogP contribution in [0.4, 0.5) is 0 Å². The Kier molecular flexibility index (Phi) is 4.51. The third-order valence-electron chi connectivity index (χ3n) is 5.03. The molecule has 1 aromatic carbocycles. The molecule has 0 fully saturated rings. The molecule has 1 nitrogen and oxygen atoms in total. The van der Waals surface area contributed by atoms with Crippen molar-refractivity contribution in [3.05, 3.63) is 40.1 Å². The first kappa shape index (κ1) is 16.1. The molecule has 0 aliphatic carbocycles. The molecule has 1 aliphatic rings. The summed E-state index contributed by atoms with van der Waals surface area (Å²) < 4.78 is 6.04. The smallest absolute Gasteiger partial charge is 0.102 e. The summed E-state index contributed by atoms with van der Waals surface area (Å²) in [6.07, 6.45) is 2.25. The Morgan fingerprint density at radius 3 is 2.14 bits per heavy atom. The molecule has 21 heavy (non-hydrogen) atoms. The largest absolute Gasteiger partial charge is 0.497 e. The number of ether oxygens (including phenoxy) is 1. The van der Waals surface area contributed by atoms with Crippen LogP contribution >= 0.6 is 0 Å². The van der Waals surface area contributed by atoms with E-state index in [1.165, 1.54) is 33.4 Å². The first-order valence-corrected chi connectivity index (χ1v) is 8.25. The van der Waals surface area contributed by atoms with E-state index in [0.717, 1.165) is 0 Å². The quantitative estimate of drug-likeness (QED) is 0.653. The average Bonchev–Trinajstić information content (AvgIpc) is 2.52. The molecule has 0 bridgehead atoms. The molecule has 2 rings (SSSR count). The molecule has 0 spiro atoms. The molecule has 0 radical (unpaired) electrons. The second-order valence-electron chi connectivity index (χ2n) is 7.21. The van der Waals surface area contributed by atoms with Crippen LogP contribution in [0.15, 0.2) is 12.3 Å². The average molecular weight is 286 g/mol. The van der Waals surface area contributed by atoms with E-state index >= 15 is 0 Å². The molecule has 1 aromatic rings. The predicted octanol–water partition coefficient (Wildman–Crippen LogP) is 5.95. The van der Waals surface area contributed by atoms with Crippen LogP contribution in [0.3, 0.4) is 0 Å². The fourth-order valence-electron chi connectivity index (χ4n) is 3.33. The Morgan fingerprint density at radius 2 is 1.62 bits per heavy atom. The molecule has 0 unspecified atom stereocenters. The van der Waals surface area contributed by atoms with Gasteiger partial charge in [0.15, 0.2) is 0 Å². The lowest BCUT2D eigenvalue weighted by atomic mass is 9.77. The van der Waals surface area contributed by atoms with Crippen molar-refractivity contribution in [2.45, 2.75) is 73.3 Å². The second-order valence-corrected chi connectivity index (χ2v) is 7.21. The van der Waals surface area contributed by atoms with E-state index in [0.29, 0.717) is 17.8 Å². The van der Waals surface area contributed by atoms with E-state index in [-0.39, 0.29) is 6.10 Å². The van der Waals surface area contributed by atoms with Gasteiger partial charge in [0.05, 0.1) is 6.26 Å². The summed E-state index contributed by atoms with van der Waals surface area (Å²) in [7, 11) is 0. The Labute approximate surface area is 130 Å². The molecular formula is C20H30O. The third kappa shape index (κ3) is 2.75. The van der Waals surface area contributed by atoms with Crippen LogP contribution in [0.5, 0.6) is 0 Å². The highest BCUT2D eigenvalue weighted by Crippen LogP contribution is 2.42. The van der Waals surface area contributed by atoms with Crippen LogP contribution in [0.1, 0.15) is 81.2 Å². The molecule has 2 atom stereocenters. The lowest BCUT2D eigenvalue weighted by Crippen LogP contribution is -2.16. The van der Waals surface area contributed by atoms with Gasteiger partial charge in [-0.2, -0.15) is 0 Å². The first-order chi connectivity index (χ1) is 9.75. The number of hydrogen-bond acceptors (Lipinski definition) is 1. The standard InChI is InChI=1S/C20H30O/c1-11(2)17-9-13(5)14(6)19-15(7)16(8)21-10-18(12(3)4)20(17)19/h9-12,15-16H,1-8H3/t15-,16+/m1/s1. The van der Waals surface area contributed by atoms with Gasteiger partial charge in [-0.05, 0) is 66.0 Å². The van der Waals surface area contributed by atoms with Crippen molar-refractivity contribution in [3.8, 4) is 0 Å². The normalized spacial score (nSPS) is 21.9. The minimum Gasteiger partial charge on any atom is -0.497 e. The molecular weight excluding hydrogens is 256 g/mol. The topological polar surface area (TPSA) is 9.23 Å². The molecule has 0 saturated carbocycles. The second kappa shape index (κ2) is 5.87. The predicted molar refractivity (Wildman–Crippen MR) is 91.8 cm³/mol. The van der Waals surface area contributed by atoms with Crippen molar-refractivity contribution in [2.75, 3.05) is 0 Å². The van der Waals surface area contributed by atoms with E-state index in [9.17, 15) is 0 Å². The summed E-state index contributed by atoms with van der Waals surface area (Å²) in [4.78, 5) is 0. The number of hydrogen-bond donors (Lipinski definition) is 0. The van der Waals surface area contributed by atoms with Gasteiger partial charge in [-0.3, -0.25) is 0 Å². The first-order valence-electron chi connectivity index (χ1n) is 8.25. The van der Waals surface area contributed by atoms with Gasteiger partial charge >= 0.3 is 0 Å². The van der Waals surface area contributed by atoms with Crippen molar-refractivity contribution in [3.63, 3.8) is 0 Å². The Balaban J connectivity index is 2.86. The van der Waals surface area contributed by atoms with Crippen molar-refractivity contribution in [1.82, 2.24) is 0 Å². The third-order valence-corrected chi connectivity index (χ3v) is 5.03. The van der Waals surface area contributed by atoms with E-state index in [4.69, 9.17) is 4.74 Å². The zero-order valence-corrected chi connectivity index (χ0v) is 14.9. The van der Waals surface area contributed by atoms with E-state index in [2.05, 4.69) is 61.5 Å². The Hall–Kier alpha value is -1.24. The van der Waals surface area contributed by atoms with Crippen molar-refractivity contribution in [1.29, 1.82) is 0 Å². The summed E-state index contributed by atoms with van der Waals surface area (Å²) in [5.41, 5.74) is 8.63. The maximum atomic E-state index is 6.04. The molecule has 0 aromatic heterocycles. The maximum Gasteiger partial charge on any atom is 0.102 e. The monoisotopic (exact) mass is 286 g/mol. The minimum absolute atomic E-state index is 0.223. The highest BCUT2D eigenvalue weighted by molar-refractivity contribution is 5.75. The van der Waals surface area contributed by atoms with Crippen LogP contribution in [0.2, 0.25) is 0 Å². The van der Waals surface area contributed by atoms with Gasteiger partial charge in [0.2, 0.25) is 0 Å². The van der Waals surface area contributed by atoms with Gasteiger partial charge in [-0.15, -0.1) is 0 Å².